The van der Waals surface area contributed by atoms with E-state index in [2.05, 4.69) is 4.98 Å². The number of carbonyl (C=O) groups excluding carboxylic acids is 2. The molecule has 2 aromatic rings. The zero-order valence-corrected chi connectivity index (χ0v) is 16.0. The molecule has 0 saturated carbocycles. The highest BCUT2D eigenvalue weighted by molar-refractivity contribution is 6.01. The predicted molar refractivity (Wildman–Crippen MR) is 101 cm³/mol. The molecule has 9 heteroatoms. The lowest BCUT2D eigenvalue weighted by molar-refractivity contribution is -0.138. The van der Waals surface area contributed by atoms with Crippen LogP contribution in [0.5, 0.6) is 11.6 Å². The number of hydrogen-bond donors (Lipinski definition) is 1. The Balaban J connectivity index is 1.68. The Morgan fingerprint density at radius 2 is 2.10 bits per heavy atom. The number of rotatable bonds is 1. The second-order valence-corrected chi connectivity index (χ2v) is 7.21. The molecule has 154 valence electrons. The van der Waals surface area contributed by atoms with E-state index in [1.54, 1.807) is 31.3 Å². The van der Waals surface area contributed by atoms with Gasteiger partial charge in [-0.3, -0.25) is 9.59 Å². The van der Waals surface area contributed by atoms with Crippen LogP contribution in [0.15, 0.2) is 24.4 Å². The van der Waals surface area contributed by atoms with Crippen molar-refractivity contribution in [3.63, 3.8) is 0 Å². The van der Waals surface area contributed by atoms with Crippen LogP contribution < -0.4 is 15.2 Å². The molecule has 3 atom stereocenters. The average Bonchev–Trinajstić information content (AvgIpc) is 2.90. The van der Waals surface area contributed by atoms with Gasteiger partial charge in [-0.1, -0.05) is 6.92 Å². The van der Waals surface area contributed by atoms with Crippen molar-refractivity contribution in [2.24, 2.45) is 11.7 Å². The van der Waals surface area contributed by atoms with Crippen LogP contribution in [0.1, 0.15) is 23.7 Å². The summed E-state index contributed by atoms with van der Waals surface area (Å²) in [5, 5.41) is 1.40. The normalized spacial score (nSPS) is 25.2. The Labute approximate surface area is 166 Å². The third kappa shape index (κ3) is 3.57. The number of alkyl halides is 1. The van der Waals surface area contributed by atoms with E-state index in [1.807, 2.05) is 0 Å². The molecule has 1 aromatic carbocycles. The van der Waals surface area contributed by atoms with Gasteiger partial charge >= 0.3 is 0 Å². The Morgan fingerprint density at radius 3 is 2.90 bits per heavy atom. The van der Waals surface area contributed by atoms with Gasteiger partial charge in [0.1, 0.15) is 19.1 Å². The van der Waals surface area contributed by atoms with Gasteiger partial charge in [0.2, 0.25) is 5.88 Å². The lowest BCUT2D eigenvalue weighted by Gasteiger charge is -2.26. The first kappa shape index (κ1) is 19.4. The topological polar surface area (TPSA) is 104 Å². The molecular formula is C20H22FN3O5. The van der Waals surface area contributed by atoms with E-state index < -0.39 is 23.9 Å². The lowest BCUT2D eigenvalue weighted by Crippen LogP contribution is -2.38. The zero-order valence-electron chi connectivity index (χ0n) is 16.0. The number of halogens is 1. The number of carbonyl (C=O) groups is 2. The van der Waals surface area contributed by atoms with Gasteiger partial charge in [0, 0.05) is 30.0 Å². The van der Waals surface area contributed by atoms with Crippen molar-refractivity contribution in [1.82, 2.24) is 9.88 Å². The van der Waals surface area contributed by atoms with Crippen LogP contribution in [0.2, 0.25) is 0 Å². The first-order valence-electron chi connectivity index (χ1n) is 9.48. The number of nitrogens with two attached hydrogens (primary N) is 1. The number of pyridine rings is 1. The molecule has 29 heavy (non-hydrogen) atoms. The Morgan fingerprint density at radius 1 is 1.28 bits per heavy atom. The van der Waals surface area contributed by atoms with Crippen LogP contribution in [-0.2, 0) is 9.53 Å². The van der Waals surface area contributed by atoms with Gasteiger partial charge in [-0.15, -0.1) is 0 Å². The SMILES string of the molecule is C[C@@H]1[C@H](F)C(=O)N2COCCOc3cc4c(nccc4cc3C(N)=O)OCC[C@H]12. The van der Waals surface area contributed by atoms with Crippen molar-refractivity contribution in [2.45, 2.75) is 25.6 Å². The van der Waals surface area contributed by atoms with Crippen molar-refractivity contribution in [2.75, 3.05) is 26.6 Å². The fraction of sp³-hybridized carbons (Fsp3) is 0.450. The number of aromatic nitrogens is 1. The molecule has 1 fully saturated rings. The highest BCUT2D eigenvalue weighted by Crippen LogP contribution is 2.33. The highest BCUT2D eigenvalue weighted by Gasteiger charge is 2.45. The second-order valence-electron chi connectivity index (χ2n) is 7.21. The van der Waals surface area contributed by atoms with Gasteiger partial charge in [-0.25, -0.2) is 9.37 Å². The second kappa shape index (κ2) is 7.82. The van der Waals surface area contributed by atoms with Crippen LogP contribution in [0, 0.1) is 5.92 Å². The zero-order chi connectivity index (χ0) is 20.5. The monoisotopic (exact) mass is 403 g/mol. The maximum atomic E-state index is 14.3. The molecule has 3 heterocycles. The molecule has 0 spiro atoms. The Bertz CT molecular complexity index is 953. The summed E-state index contributed by atoms with van der Waals surface area (Å²) in [6, 6.07) is 4.74. The molecule has 0 unspecified atom stereocenters. The Kier molecular flexibility index (Phi) is 5.23. The summed E-state index contributed by atoms with van der Waals surface area (Å²) in [6.07, 6.45) is 0.466. The molecule has 1 aromatic heterocycles. The quantitative estimate of drug-likeness (QED) is 0.777. The van der Waals surface area contributed by atoms with E-state index in [-0.39, 0.29) is 38.2 Å². The summed E-state index contributed by atoms with van der Waals surface area (Å²) in [5.41, 5.74) is 5.73. The molecule has 4 rings (SSSR count). The minimum atomic E-state index is -1.55. The molecule has 2 aliphatic heterocycles. The third-order valence-electron chi connectivity index (χ3n) is 5.45. The van der Waals surface area contributed by atoms with E-state index in [1.165, 1.54) is 4.90 Å². The summed E-state index contributed by atoms with van der Waals surface area (Å²) in [6.45, 7) is 2.21. The van der Waals surface area contributed by atoms with Crippen molar-refractivity contribution >= 4 is 22.6 Å². The molecule has 8 nitrogen and oxygen atoms in total. The predicted octanol–water partition coefficient (Wildman–Crippen LogP) is 1.65. The van der Waals surface area contributed by atoms with E-state index in [0.29, 0.717) is 23.4 Å². The van der Waals surface area contributed by atoms with Crippen LogP contribution >= 0.6 is 0 Å². The molecule has 2 aliphatic rings. The summed E-state index contributed by atoms with van der Waals surface area (Å²) >= 11 is 0. The number of primary amides is 1. The first-order chi connectivity index (χ1) is 14.0. The standard InChI is InChI=1S/C20H22FN3O5/c1-11-15-3-5-29-19-13-9-16(14(18(22)25)8-12(13)2-4-23-19)28-7-6-27-10-24(15)20(26)17(11)21/h2,4,8-9,11,15,17H,3,5-7,10H2,1H3,(H2,22,25)/t11-,15+,17-/m0/s1. The molecule has 1 saturated heterocycles. The summed E-state index contributed by atoms with van der Waals surface area (Å²) in [5.74, 6) is -0.967. The molecular weight excluding hydrogens is 381 g/mol. The van der Waals surface area contributed by atoms with Gasteiger partial charge in [0.15, 0.2) is 6.17 Å². The van der Waals surface area contributed by atoms with Crippen LogP contribution in [0.3, 0.4) is 0 Å². The van der Waals surface area contributed by atoms with Crippen molar-refractivity contribution in [1.29, 1.82) is 0 Å². The molecule has 2 amide bonds. The molecule has 0 aliphatic carbocycles. The third-order valence-corrected chi connectivity index (χ3v) is 5.45. The van der Waals surface area contributed by atoms with Crippen molar-refractivity contribution < 1.29 is 28.2 Å². The van der Waals surface area contributed by atoms with Gasteiger partial charge < -0.3 is 24.8 Å². The van der Waals surface area contributed by atoms with E-state index in [4.69, 9.17) is 19.9 Å². The molecule has 2 bridgehead atoms. The number of amides is 2. The first-order valence-corrected chi connectivity index (χ1v) is 9.48. The average molecular weight is 403 g/mol. The fourth-order valence-corrected chi connectivity index (χ4v) is 3.85. The molecule has 0 radical (unpaired) electrons. The van der Waals surface area contributed by atoms with Crippen molar-refractivity contribution in [3.05, 3.63) is 30.0 Å². The highest BCUT2D eigenvalue weighted by atomic mass is 19.1. The number of benzene rings is 1. The number of nitrogens with zero attached hydrogens (tertiary/aromatic N) is 2. The smallest absolute Gasteiger partial charge is 0.259 e. The molecule has 2 N–H and O–H groups in total. The minimum absolute atomic E-state index is 0.0336. The Hall–Kier alpha value is -2.94. The lowest BCUT2D eigenvalue weighted by atomic mass is 9.99. The van der Waals surface area contributed by atoms with Gasteiger partial charge in [0.05, 0.1) is 18.8 Å². The number of fused-ring (bicyclic) bond motifs is 2. The van der Waals surface area contributed by atoms with Gasteiger partial charge in [-0.2, -0.15) is 0 Å². The van der Waals surface area contributed by atoms with Gasteiger partial charge in [-0.05, 0) is 23.6 Å². The van der Waals surface area contributed by atoms with E-state index in [9.17, 15) is 14.0 Å². The minimum Gasteiger partial charge on any atom is -0.490 e. The number of hydrogen-bond acceptors (Lipinski definition) is 6. The summed E-state index contributed by atoms with van der Waals surface area (Å²) < 4.78 is 31.3. The van der Waals surface area contributed by atoms with Gasteiger partial charge in [0.25, 0.3) is 11.8 Å². The van der Waals surface area contributed by atoms with Crippen molar-refractivity contribution in [3.8, 4) is 11.6 Å². The maximum absolute atomic E-state index is 14.3. The van der Waals surface area contributed by atoms with E-state index in [0.717, 1.165) is 5.39 Å². The fourth-order valence-electron chi connectivity index (χ4n) is 3.85. The maximum Gasteiger partial charge on any atom is 0.259 e. The largest absolute Gasteiger partial charge is 0.490 e. The van der Waals surface area contributed by atoms with Crippen LogP contribution in [-0.4, -0.2) is 60.5 Å². The summed E-state index contributed by atoms with van der Waals surface area (Å²) in [7, 11) is 0. The van der Waals surface area contributed by atoms with Crippen LogP contribution in [0.25, 0.3) is 10.8 Å². The summed E-state index contributed by atoms with van der Waals surface area (Å²) in [4.78, 5) is 29.7. The van der Waals surface area contributed by atoms with Crippen LogP contribution in [0.4, 0.5) is 4.39 Å². The van der Waals surface area contributed by atoms with E-state index >= 15 is 0 Å². The number of ether oxygens (including phenoxy) is 3.